The lowest BCUT2D eigenvalue weighted by Gasteiger charge is -2.35. The van der Waals surface area contributed by atoms with Crippen molar-refractivity contribution >= 4 is 17.8 Å². The molecule has 0 aromatic carbocycles. The van der Waals surface area contributed by atoms with Crippen LogP contribution in [0.2, 0.25) is 0 Å². The molecular formula is C20H33N3O5. The van der Waals surface area contributed by atoms with Gasteiger partial charge in [0.25, 0.3) is 0 Å². The summed E-state index contributed by atoms with van der Waals surface area (Å²) >= 11 is 0. The molecule has 0 saturated carbocycles. The second-order valence-electron chi connectivity index (χ2n) is 8.21. The fraction of sp³-hybridized carbons (Fsp3) is 0.850. The van der Waals surface area contributed by atoms with Crippen LogP contribution in [0.4, 0.5) is 0 Å². The number of ether oxygens (including phenoxy) is 1. The zero-order valence-corrected chi connectivity index (χ0v) is 16.6. The van der Waals surface area contributed by atoms with Gasteiger partial charge in [0.1, 0.15) is 12.6 Å². The number of carbonyl (C=O) groups is 3. The van der Waals surface area contributed by atoms with E-state index in [0.29, 0.717) is 44.8 Å². The first-order valence-electron chi connectivity index (χ1n) is 10.7. The van der Waals surface area contributed by atoms with E-state index >= 15 is 0 Å². The number of rotatable bonds is 7. The van der Waals surface area contributed by atoms with E-state index in [2.05, 4.69) is 5.32 Å². The Morgan fingerprint density at radius 1 is 1.00 bits per heavy atom. The maximum Gasteiger partial charge on any atom is 0.329 e. The molecule has 8 nitrogen and oxygen atoms in total. The first kappa shape index (κ1) is 21.0. The van der Waals surface area contributed by atoms with Gasteiger partial charge in [0, 0.05) is 26.1 Å². The summed E-state index contributed by atoms with van der Waals surface area (Å²) in [5.41, 5.74) is 0. The first-order chi connectivity index (χ1) is 13.5. The summed E-state index contributed by atoms with van der Waals surface area (Å²) in [6.07, 6.45) is 6.55. The lowest BCUT2D eigenvalue weighted by atomic mass is 9.93. The Hall–Kier alpha value is -1.67. The van der Waals surface area contributed by atoms with Crippen molar-refractivity contribution in [3.63, 3.8) is 0 Å². The van der Waals surface area contributed by atoms with Gasteiger partial charge in [-0.05, 0) is 64.0 Å². The number of carbonyl (C=O) groups excluding carboxylic acids is 2. The van der Waals surface area contributed by atoms with E-state index in [0.717, 1.165) is 45.2 Å². The predicted molar refractivity (Wildman–Crippen MR) is 103 cm³/mol. The summed E-state index contributed by atoms with van der Waals surface area (Å²) in [6, 6.07) is -0.322. The molecule has 28 heavy (non-hydrogen) atoms. The van der Waals surface area contributed by atoms with Crippen molar-refractivity contribution in [2.45, 2.75) is 63.5 Å². The van der Waals surface area contributed by atoms with Crippen molar-refractivity contribution in [2.75, 3.05) is 39.3 Å². The Morgan fingerprint density at radius 3 is 2.39 bits per heavy atom. The zero-order chi connectivity index (χ0) is 19.9. The maximum absolute atomic E-state index is 13.0. The molecule has 3 aliphatic rings. The smallest absolute Gasteiger partial charge is 0.329 e. The number of nitrogens with one attached hydrogen (secondary N) is 1. The number of hydrogen-bond donors (Lipinski definition) is 2. The minimum atomic E-state index is -0.969. The quantitative estimate of drug-likeness (QED) is 0.663. The van der Waals surface area contributed by atoms with E-state index in [4.69, 9.17) is 9.84 Å². The molecule has 3 rings (SSSR count). The van der Waals surface area contributed by atoms with Crippen molar-refractivity contribution in [3.8, 4) is 0 Å². The van der Waals surface area contributed by atoms with Gasteiger partial charge in [-0.2, -0.15) is 0 Å². The predicted octanol–water partition coefficient (Wildman–Crippen LogP) is 0.849. The van der Waals surface area contributed by atoms with Crippen LogP contribution in [0.15, 0.2) is 0 Å². The van der Waals surface area contributed by atoms with E-state index in [9.17, 15) is 14.4 Å². The largest absolute Gasteiger partial charge is 0.480 e. The van der Waals surface area contributed by atoms with Gasteiger partial charge >= 0.3 is 5.97 Å². The molecule has 3 fully saturated rings. The number of nitrogens with zero attached hydrogens (tertiary/aromatic N) is 2. The average Bonchev–Trinajstić information content (AvgIpc) is 3.21. The van der Waals surface area contributed by atoms with Crippen LogP contribution in [0.5, 0.6) is 0 Å². The average molecular weight is 396 g/mol. The number of carboxylic acids is 1. The molecule has 0 aromatic heterocycles. The minimum absolute atomic E-state index is 0.0457. The van der Waals surface area contributed by atoms with E-state index in [-0.39, 0.29) is 30.6 Å². The van der Waals surface area contributed by atoms with Crippen LogP contribution in [0.1, 0.15) is 51.4 Å². The van der Waals surface area contributed by atoms with Crippen LogP contribution in [-0.4, -0.2) is 84.2 Å². The fourth-order valence-electron chi connectivity index (χ4n) is 4.61. The van der Waals surface area contributed by atoms with Gasteiger partial charge in [-0.3, -0.25) is 9.59 Å². The molecule has 0 spiro atoms. The van der Waals surface area contributed by atoms with E-state index < -0.39 is 5.97 Å². The summed E-state index contributed by atoms with van der Waals surface area (Å²) in [5.74, 6) is -0.187. The van der Waals surface area contributed by atoms with Crippen LogP contribution < -0.4 is 5.32 Å². The topological polar surface area (TPSA) is 99.2 Å². The van der Waals surface area contributed by atoms with Crippen molar-refractivity contribution in [1.29, 1.82) is 0 Å². The Labute approximate surface area is 166 Å². The van der Waals surface area contributed by atoms with Gasteiger partial charge in [-0.15, -0.1) is 0 Å². The molecular weight excluding hydrogens is 362 g/mol. The Bertz CT molecular complexity index is 556. The molecule has 3 aliphatic heterocycles. The molecule has 0 aliphatic carbocycles. The van der Waals surface area contributed by atoms with E-state index in [1.165, 1.54) is 0 Å². The Balaban J connectivity index is 1.45. The number of piperidine rings is 2. The first-order valence-corrected chi connectivity index (χ1v) is 10.7. The fourth-order valence-corrected chi connectivity index (χ4v) is 4.61. The molecule has 0 unspecified atom stereocenters. The highest BCUT2D eigenvalue weighted by atomic mass is 16.5. The van der Waals surface area contributed by atoms with Gasteiger partial charge in [0.05, 0.1) is 6.10 Å². The molecule has 1 atom stereocenters. The molecule has 8 heteroatoms. The number of likely N-dealkylation sites (tertiary alicyclic amines) is 2. The lowest BCUT2D eigenvalue weighted by molar-refractivity contribution is -0.149. The summed E-state index contributed by atoms with van der Waals surface area (Å²) in [7, 11) is 0. The van der Waals surface area contributed by atoms with Crippen LogP contribution in [-0.2, 0) is 19.1 Å². The molecule has 0 aromatic rings. The third kappa shape index (κ3) is 5.67. The highest BCUT2D eigenvalue weighted by Gasteiger charge is 2.37. The van der Waals surface area contributed by atoms with Crippen molar-refractivity contribution in [2.24, 2.45) is 5.92 Å². The monoisotopic (exact) mass is 395 g/mol. The van der Waals surface area contributed by atoms with Crippen LogP contribution in [0.25, 0.3) is 0 Å². The van der Waals surface area contributed by atoms with Gasteiger partial charge < -0.3 is 25.0 Å². The van der Waals surface area contributed by atoms with E-state index in [1.807, 2.05) is 4.90 Å². The second kappa shape index (κ2) is 10.2. The van der Waals surface area contributed by atoms with Gasteiger partial charge in [0.2, 0.25) is 11.8 Å². The highest BCUT2D eigenvalue weighted by Crippen LogP contribution is 2.25. The van der Waals surface area contributed by atoms with Crippen LogP contribution >= 0.6 is 0 Å². The number of hydrogen-bond acceptors (Lipinski definition) is 5. The number of aliphatic carboxylic acids is 1. The molecule has 3 heterocycles. The number of carboxylic acid groups (broad SMARTS) is 1. The second-order valence-corrected chi connectivity index (χ2v) is 8.21. The Morgan fingerprint density at radius 2 is 1.71 bits per heavy atom. The van der Waals surface area contributed by atoms with Gasteiger partial charge in [-0.1, -0.05) is 0 Å². The summed E-state index contributed by atoms with van der Waals surface area (Å²) in [6.45, 7) is 3.60. The maximum atomic E-state index is 13.0. The zero-order valence-electron chi connectivity index (χ0n) is 16.6. The SMILES string of the molecule is O=C(O)COC1CCN(C(=O)[C@H]2CCCN2C(=O)CCC2CCNCC2)CC1. The normalized spacial score (nSPS) is 24.5. The highest BCUT2D eigenvalue weighted by molar-refractivity contribution is 5.88. The standard InChI is InChI=1S/C20H33N3O5/c24-18(4-3-15-5-9-21-10-6-15)23-11-1-2-17(23)20(27)22-12-7-16(8-13-22)28-14-19(25)26/h15-17,21H,1-14H2,(H,25,26)/t17-/m1/s1. The van der Waals surface area contributed by atoms with Crippen LogP contribution in [0, 0.1) is 5.92 Å². The summed E-state index contributed by atoms with van der Waals surface area (Å²) in [4.78, 5) is 40.0. The summed E-state index contributed by atoms with van der Waals surface area (Å²) in [5, 5.41) is 12.1. The van der Waals surface area contributed by atoms with Crippen molar-refractivity contribution < 1.29 is 24.2 Å². The van der Waals surface area contributed by atoms with Crippen LogP contribution in [0.3, 0.4) is 0 Å². The lowest BCUT2D eigenvalue weighted by Crippen LogP contribution is -2.50. The van der Waals surface area contributed by atoms with E-state index in [1.54, 1.807) is 4.90 Å². The van der Waals surface area contributed by atoms with Crippen molar-refractivity contribution in [1.82, 2.24) is 15.1 Å². The third-order valence-corrected chi connectivity index (χ3v) is 6.28. The molecule has 158 valence electrons. The molecule has 3 saturated heterocycles. The summed E-state index contributed by atoms with van der Waals surface area (Å²) < 4.78 is 5.34. The Kier molecular flexibility index (Phi) is 7.67. The molecule has 0 bridgehead atoms. The molecule has 0 radical (unpaired) electrons. The third-order valence-electron chi connectivity index (χ3n) is 6.28. The number of amides is 2. The molecule has 2 amide bonds. The van der Waals surface area contributed by atoms with Gasteiger partial charge in [-0.25, -0.2) is 4.79 Å². The molecule has 2 N–H and O–H groups in total. The van der Waals surface area contributed by atoms with Crippen molar-refractivity contribution in [3.05, 3.63) is 0 Å². The van der Waals surface area contributed by atoms with Gasteiger partial charge in [0.15, 0.2) is 0 Å². The minimum Gasteiger partial charge on any atom is -0.480 e.